The van der Waals surface area contributed by atoms with Crippen LogP contribution >= 0.6 is 0 Å². The Kier molecular flexibility index (Phi) is 4.66. The molecule has 2 aromatic rings. The van der Waals surface area contributed by atoms with E-state index in [0.29, 0.717) is 32.3 Å². The van der Waals surface area contributed by atoms with E-state index in [1.54, 1.807) is 29.2 Å². The van der Waals surface area contributed by atoms with Crippen molar-refractivity contribution in [3.8, 4) is 11.1 Å². The molecular formula is C18H21FN2O3. The van der Waals surface area contributed by atoms with Crippen LogP contribution in [0.25, 0.3) is 11.1 Å². The fourth-order valence-corrected chi connectivity index (χ4v) is 3.36. The van der Waals surface area contributed by atoms with Gasteiger partial charge in [-0.15, -0.1) is 0 Å². The number of nitrogens with zero attached hydrogens (tertiary/aromatic N) is 2. The Morgan fingerprint density at radius 2 is 2.00 bits per heavy atom. The number of halogens is 1. The van der Waals surface area contributed by atoms with Gasteiger partial charge in [0.2, 0.25) is 0 Å². The lowest BCUT2D eigenvalue weighted by molar-refractivity contribution is -0.152. The van der Waals surface area contributed by atoms with Crippen LogP contribution in [-0.4, -0.2) is 33.6 Å². The van der Waals surface area contributed by atoms with Gasteiger partial charge < -0.3 is 9.84 Å². The van der Waals surface area contributed by atoms with Crippen LogP contribution in [0.15, 0.2) is 36.7 Å². The van der Waals surface area contributed by atoms with Crippen molar-refractivity contribution in [2.24, 2.45) is 0 Å². The molecule has 1 aliphatic rings. The summed E-state index contributed by atoms with van der Waals surface area (Å²) in [7, 11) is 0. The van der Waals surface area contributed by atoms with Crippen molar-refractivity contribution < 1.29 is 19.0 Å². The number of ether oxygens (including phenoxy) is 1. The molecule has 0 radical (unpaired) electrons. The standard InChI is InChI=1S/C18H21FN2O3/c1-2-24-16-7-9-18(10-8-16,17(22)23)21-12-14(11-20-21)13-3-5-15(19)6-4-13/h3-6,11-12,16H,2,7-10H2,1H3,(H,22,23). The molecule has 0 aliphatic heterocycles. The molecule has 1 aliphatic carbocycles. The Hall–Kier alpha value is -2.21. The summed E-state index contributed by atoms with van der Waals surface area (Å²) in [6.45, 7) is 2.59. The predicted octanol–water partition coefficient (Wildman–Crippen LogP) is 3.45. The first-order valence-electron chi connectivity index (χ1n) is 8.21. The smallest absolute Gasteiger partial charge is 0.331 e. The third kappa shape index (κ3) is 3.06. The SMILES string of the molecule is CCOC1CCC(C(=O)O)(n2cc(-c3ccc(F)cc3)cn2)CC1. The summed E-state index contributed by atoms with van der Waals surface area (Å²) in [5.41, 5.74) is 0.556. The molecule has 5 nitrogen and oxygen atoms in total. The first-order valence-corrected chi connectivity index (χ1v) is 8.21. The quantitative estimate of drug-likeness (QED) is 0.911. The number of aromatic nitrogens is 2. The molecule has 1 fully saturated rings. The highest BCUT2D eigenvalue weighted by molar-refractivity contribution is 5.77. The minimum atomic E-state index is -1.04. The lowest BCUT2D eigenvalue weighted by Gasteiger charge is -2.36. The monoisotopic (exact) mass is 332 g/mol. The van der Waals surface area contributed by atoms with Gasteiger partial charge in [0.25, 0.3) is 0 Å². The fourth-order valence-electron chi connectivity index (χ4n) is 3.36. The molecule has 1 aromatic heterocycles. The summed E-state index contributed by atoms with van der Waals surface area (Å²) in [6, 6.07) is 6.09. The van der Waals surface area contributed by atoms with Crippen molar-refractivity contribution in [1.82, 2.24) is 9.78 Å². The van der Waals surface area contributed by atoms with Gasteiger partial charge in [-0.25, -0.2) is 9.18 Å². The van der Waals surface area contributed by atoms with Crippen molar-refractivity contribution in [1.29, 1.82) is 0 Å². The summed E-state index contributed by atoms with van der Waals surface area (Å²) in [6.07, 6.45) is 5.86. The zero-order chi connectivity index (χ0) is 17.2. The summed E-state index contributed by atoms with van der Waals surface area (Å²) >= 11 is 0. The summed E-state index contributed by atoms with van der Waals surface area (Å²) < 4.78 is 20.2. The van der Waals surface area contributed by atoms with Crippen LogP contribution in [0.2, 0.25) is 0 Å². The second kappa shape index (κ2) is 6.73. The van der Waals surface area contributed by atoms with Crippen LogP contribution in [0.5, 0.6) is 0 Å². The summed E-state index contributed by atoms with van der Waals surface area (Å²) in [4.78, 5) is 12.0. The molecule has 0 atom stereocenters. The number of benzene rings is 1. The van der Waals surface area contributed by atoms with E-state index in [-0.39, 0.29) is 11.9 Å². The first kappa shape index (κ1) is 16.6. The van der Waals surface area contributed by atoms with Crippen molar-refractivity contribution in [2.45, 2.75) is 44.2 Å². The van der Waals surface area contributed by atoms with E-state index in [1.165, 1.54) is 12.1 Å². The van der Waals surface area contributed by atoms with E-state index in [0.717, 1.165) is 11.1 Å². The molecule has 6 heteroatoms. The zero-order valence-corrected chi connectivity index (χ0v) is 13.6. The number of carboxylic acid groups (broad SMARTS) is 1. The predicted molar refractivity (Wildman–Crippen MR) is 87.1 cm³/mol. The lowest BCUT2D eigenvalue weighted by atomic mass is 9.80. The van der Waals surface area contributed by atoms with Crippen LogP contribution in [0.3, 0.4) is 0 Å². The molecule has 0 spiro atoms. The lowest BCUT2D eigenvalue weighted by Crippen LogP contribution is -2.46. The molecule has 128 valence electrons. The van der Waals surface area contributed by atoms with Crippen molar-refractivity contribution >= 4 is 5.97 Å². The van der Waals surface area contributed by atoms with Crippen LogP contribution in [-0.2, 0) is 15.1 Å². The van der Waals surface area contributed by atoms with Crippen molar-refractivity contribution in [2.75, 3.05) is 6.61 Å². The average Bonchev–Trinajstić information content (AvgIpc) is 3.07. The molecule has 3 rings (SSSR count). The van der Waals surface area contributed by atoms with Crippen molar-refractivity contribution in [3.05, 3.63) is 42.5 Å². The highest BCUT2D eigenvalue weighted by Crippen LogP contribution is 2.37. The van der Waals surface area contributed by atoms with Gasteiger partial charge in [0.1, 0.15) is 5.82 Å². The minimum Gasteiger partial charge on any atom is -0.479 e. The highest BCUT2D eigenvalue weighted by atomic mass is 19.1. The minimum absolute atomic E-state index is 0.120. The number of hydrogen-bond donors (Lipinski definition) is 1. The summed E-state index contributed by atoms with van der Waals surface area (Å²) in [5.74, 6) is -1.17. The van der Waals surface area contributed by atoms with Crippen molar-refractivity contribution in [3.63, 3.8) is 0 Å². The second-order valence-electron chi connectivity index (χ2n) is 6.17. The van der Waals surface area contributed by atoms with Crippen LogP contribution < -0.4 is 0 Å². The van der Waals surface area contributed by atoms with Gasteiger partial charge in [0, 0.05) is 18.4 Å². The van der Waals surface area contributed by atoms with Gasteiger partial charge in [-0.3, -0.25) is 4.68 Å². The Morgan fingerprint density at radius 3 is 2.58 bits per heavy atom. The van der Waals surface area contributed by atoms with Gasteiger partial charge in [-0.2, -0.15) is 5.10 Å². The molecule has 0 saturated heterocycles. The fraction of sp³-hybridized carbons (Fsp3) is 0.444. The molecule has 0 amide bonds. The third-order valence-corrected chi connectivity index (χ3v) is 4.76. The van der Waals surface area contributed by atoms with Crippen LogP contribution in [0.1, 0.15) is 32.6 Å². The summed E-state index contributed by atoms with van der Waals surface area (Å²) in [5, 5.41) is 14.1. The Morgan fingerprint density at radius 1 is 1.33 bits per heavy atom. The van der Waals surface area contributed by atoms with E-state index in [2.05, 4.69) is 5.10 Å². The van der Waals surface area contributed by atoms with Gasteiger partial charge in [-0.05, 0) is 50.3 Å². The van der Waals surface area contributed by atoms with E-state index in [4.69, 9.17) is 4.74 Å². The van der Waals surface area contributed by atoms with Gasteiger partial charge >= 0.3 is 5.97 Å². The molecule has 1 saturated carbocycles. The molecular weight excluding hydrogens is 311 g/mol. The maximum absolute atomic E-state index is 13.1. The molecule has 1 N–H and O–H groups in total. The molecule has 24 heavy (non-hydrogen) atoms. The largest absolute Gasteiger partial charge is 0.479 e. The number of aliphatic carboxylic acids is 1. The second-order valence-corrected chi connectivity index (χ2v) is 6.17. The highest BCUT2D eigenvalue weighted by Gasteiger charge is 2.44. The zero-order valence-electron chi connectivity index (χ0n) is 13.6. The van der Waals surface area contributed by atoms with Gasteiger partial charge in [-0.1, -0.05) is 12.1 Å². The Bertz CT molecular complexity index is 703. The number of rotatable bonds is 5. The van der Waals surface area contributed by atoms with E-state index < -0.39 is 11.5 Å². The van der Waals surface area contributed by atoms with Gasteiger partial charge in [0.05, 0.1) is 12.3 Å². The first-order chi connectivity index (χ1) is 11.5. The molecule has 0 unspecified atom stereocenters. The number of hydrogen-bond acceptors (Lipinski definition) is 3. The third-order valence-electron chi connectivity index (χ3n) is 4.76. The number of carbonyl (C=O) groups is 1. The van der Waals surface area contributed by atoms with E-state index in [1.807, 2.05) is 6.92 Å². The Balaban J connectivity index is 1.85. The molecule has 0 bridgehead atoms. The number of carboxylic acids is 1. The maximum atomic E-state index is 13.1. The van der Waals surface area contributed by atoms with Gasteiger partial charge in [0.15, 0.2) is 5.54 Å². The van der Waals surface area contributed by atoms with Crippen LogP contribution in [0, 0.1) is 5.82 Å². The molecule has 1 aromatic carbocycles. The topological polar surface area (TPSA) is 64.3 Å². The maximum Gasteiger partial charge on any atom is 0.331 e. The van der Waals surface area contributed by atoms with Crippen LogP contribution in [0.4, 0.5) is 4.39 Å². The average molecular weight is 332 g/mol. The Labute approximate surface area is 140 Å². The normalized spacial score (nSPS) is 24.0. The van der Waals surface area contributed by atoms with E-state index >= 15 is 0 Å². The van der Waals surface area contributed by atoms with E-state index in [9.17, 15) is 14.3 Å². The molecule has 1 heterocycles.